The summed E-state index contributed by atoms with van der Waals surface area (Å²) < 4.78 is 48.3. The molecule has 1 amide bonds. The van der Waals surface area contributed by atoms with Crippen molar-refractivity contribution in [2.75, 3.05) is 29.9 Å². The molecule has 1 saturated heterocycles. The Kier molecular flexibility index (Phi) is 4.69. The number of hydrogen-bond donors (Lipinski definition) is 2. The van der Waals surface area contributed by atoms with Crippen molar-refractivity contribution in [1.29, 1.82) is 0 Å². The molecule has 0 bridgehead atoms. The first kappa shape index (κ1) is 19.0. The number of rotatable bonds is 4. The summed E-state index contributed by atoms with van der Waals surface area (Å²) in [5, 5.41) is 3.38. The third kappa shape index (κ3) is 3.32. The van der Waals surface area contributed by atoms with Gasteiger partial charge in [-0.25, -0.2) is 13.0 Å². The number of halogens is 2. The quantitative estimate of drug-likeness (QED) is 0.661. The van der Waals surface area contributed by atoms with E-state index in [2.05, 4.69) is 10.0 Å². The summed E-state index contributed by atoms with van der Waals surface area (Å²) in [6, 6.07) is 9.63. The van der Waals surface area contributed by atoms with E-state index in [0.717, 1.165) is 30.6 Å². The van der Waals surface area contributed by atoms with Gasteiger partial charge in [0.2, 0.25) is 0 Å². The fourth-order valence-corrected chi connectivity index (χ4v) is 4.80. The summed E-state index contributed by atoms with van der Waals surface area (Å²) in [5.74, 6) is -1.40. The SMILES string of the molecule is O=C(NS(=O)c1cccc2c1NCCC2)c1cc2c(F)cc(N3CC(F)C3)cc2o1. The van der Waals surface area contributed by atoms with Gasteiger partial charge in [0.25, 0.3) is 5.91 Å². The zero-order chi connectivity index (χ0) is 20.8. The van der Waals surface area contributed by atoms with Crippen LogP contribution >= 0.6 is 0 Å². The van der Waals surface area contributed by atoms with Gasteiger partial charge in [-0.1, -0.05) is 12.1 Å². The van der Waals surface area contributed by atoms with Gasteiger partial charge < -0.3 is 14.6 Å². The van der Waals surface area contributed by atoms with Crippen molar-refractivity contribution in [3.8, 4) is 0 Å². The summed E-state index contributed by atoms with van der Waals surface area (Å²) in [6.07, 6.45) is 0.952. The van der Waals surface area contributed by atoms with E-state index >= 15 is 0 Å². The molecule has 3 aromatic rings. The van der Waals surface area contributed by atoms with Crippen molar-refractivity contribution in [1.82, 2.24) is 4.72 Å². The molecular formula is C21H19F2N3O3S. The third-order valence-corrected chi connectivity index (χ3v) is 6.53. The number of amides is 1. The lowest BCUT2D eigenvalue weighted by Gasteiger charge is -2.36. The smallest absolute Gasteiger partial charge is 0.298 e. The number of carbonyl (C=O) groups is 1. The second kappa shape index (κ2) is 7.39. The molecule has 1 fully saturated rings. The second-order valence-electron chi connectivity index (χ2n) is 7.47. The van der Waals surface area contributed by atoms with Crippen LogP contribution < -0.4 is 14.9 Å². The predicted molar refractivity (Wildman–Crippen MR) is 110 cm³/mol. The maximum atomic E-state index is 14.5. The van der Waals surface area contributed by atoms with Gasteiger partial charge in [0.15, 0.2) is 16.7 Å². The van der Waals surface area contributed by atoms with Gasteiger partial charge in [-0.2, -0.15) is 0 Å². The molecule has 156 valence electrons. The molecule has 5 rings (SSSR count). The standard InChI is InChI=1S/C21H19F2N3O3S/c22-13-10-26(11-13)14-7-16(23)15-9-18(29-17(15)8-14)21(27)25-30(28)19-5-1-3-12-4-2-6-24-20(12)19/h1,3,5,7-9,13,24H,2,4,6,10-11H2,(H,25,27). The van der Waals surface area contributed by atoms with E-state index < -0.39 is 28.9 Å². The number of nitrogens with zero attached hydrogens (tertiary/aromatic N) is 1. The number of carbonyl (C=O) groups excluding carboxylic acids is 1. The van der Waals surface area contributed by atoms with Crippen LogP contribution in [0.1, 0.15) is 22.5 Å². The molecule has 1 atom stereocenters. The number of fused-ring (bicyclic) bond motifs is 2. The number of para-hydroxylation sites is 1. The van der Waals surface area contributed by atoms with E-state index in [0.29, 0.717) is 10.6 Å². The van der Waals surface area contributed by atoms with Gasteiger partial charge in [0, 0.05) is 24.4 Å². The Morgan fingerprint density at radius 2 is 2.10 bits per heavy atom. The molecule has 2 N–H and O–H groups in total. The molecule has 1 unspecified atom stereocenters. The third-order valence-electron chi connectivity index (χ3n) is 5.42. The van der Waals surface area contributed by atoms with E-state index in [4.69, 9.17) is 4.42 Å². The van der Waals surface area contributed by atoms with Crippen LogP contribution in [0.4, 0.5) is 20.2 Å². The fourth-order valence-electron chi connectivity index (χ4n) is 3.83. The predicted octanol–water partition coefficient (Wildman–Crippen LogP) is 3.54. The van der Waals surface area contributed by atoms with Crippen molar-refractivity contribution in [2.24, 2.45) is 0 Å². The average molecular weight is 431 g/mol. The zero-order valence-corrected chi connectivity index (χ0v) is 16.7. The maximum Gasteiger partial charge on any atom is 0.298 e. The normalized spacial score (nSPS) is 17.2. The van der Waals surface area contributed by atoms with Gasteiger partial charge in [-0.15, -0.1) is 0 Å². The Morgan fingerprint density at radius 1 is 1.27 bits per heavy atom. The number of benzene rings is 2. The number of aryl methyl sites for hydroxylation is 1. The van der Waals surface area contributed by atoms with E-state index in [1.165, 1.54) is 12.1 Å². The lowest BCUT2D eigenvalue weighted by atomic mass is 10.0. The van der Waals surface area contributed by atoms with Gasteiger partial charge in [-0.05, 0) is 30.5 Å². The Bertz CT molecular complexity index is 1170. The Labute approximate surface area is 173 Å². The molecule has 6 nitrogen and oxygen atoms in total. The number of alkyl halides is 1. The maximum absolute atomic E-state index is 14.5. The van der Waals surface area contributed by atoms with Crippen LogP contribution in [0.15, 0.2) is 45.7 Å². The molecule has 0 radical (unpaired) electrons. The largest absolute Gasteiger partial charge is 0.451 e. The highest BCUT2D eigenvalue weighted by Crippen LogP contribution is 2.31. The number of hydrogen-bond acceptors (Lipinski definition) is 5. The second-order valence-corrected chi connectivity index (χ2v) is 8.65. The van der Waals surface area contributed by atoms with Crippen molar-refractivity contribution in [2.45, 2.75) is 23.9 Å². The summed E-state index contributed by atoms with van der Waals surface area (Å²) in [5.41, 5.74) is 2.52. The molecule has 3 heterocycles. The van der Waals surface area contributed by atoms with Gasteiger partial charge >= 0.3 is 0 Å². The summed E-state index contributed by atoms with van der Waals surface area (Å²) in [7, 11) is -1.80. The van der Waals surface area contributed by atoms with E-state index in [1.54, 1.807) is 23.1 Å². The minimum atomic E-state index is -1.80. The van der Waals surface area contributed by atoms with Crippen LogP contribution in [-0.4, -0.2) is 35.9 Å². The monoisotopic (exact) mass is 431 g/mol. The van der Waals surface area contributed by atoms with Gasteiger partial charge in [0.1, 0.15) is 17.6 Å². The van der Waals surface area contributed by atoms with Crippen molar-refractivity contribution in [3.63, 3.8) is 0 Å². The summed E-state index contributed by atoms with van der Waals surface area (Å²) in [4.78, 5) is 14.8. The minimum Gasteiger partial charge on any atom is -0.451 e. The Balaban J connectivity index is 1.39. The number of nitrogens with one attached hydrogen (secondary N) is 2. The fraction of sp³-hybridized carbons (Fsp3) is 0.286. The van der Waals surface area contributed by atoms with E-state index in [-0.39, 0.29) is 29.8 Å². The molecule has 2 aromatic carbocycles. The van der Waals surface area contributed by atoms with Crippen LogP contribution in [0, 0.1) is 5.82 Å². The molecular weight excluding hydrogens is 412 g/mol. The Morgan fingerprint density at radius 3 is 2.90 bits per heavy atom. The van der Waals surface area contributed by atoms with Gasteiger partial charge in [0.05, 0.1) is 29.1 Å². The van der Waals surface area contributed by atoms with Crippen LogP contribution in [0.5, 0.6) is 0 Å². The molecule has 1 aromatic heterocycles. The number of anilines is 2. The summed E-state index contributed by atoms with van der Waals surface area (Å²) in [6.45, 7) is 1.18. The van der Waals surface area contributed by atoms with E-state index in [1.807, 2.05) is 6.07 Å². The van der Waals surface area contributed by atoms with Crippen molar-refractivity contribution in [3.05, 3.63) is 53.5 Å². The number of furan rings is 1. The van der Waals surface area contributed by atoms with Gasteiger partial charge in [-0.3, -0.25) is 9.52 Å². The molecule has 0 aliphatic carbocycles. The molecule has 0 saturated carbocycles. The molecule has 2 aliphatic rings. The van der Waals surface area contributed by atoms with Crippen LogP contribution in [0.2, 0.25) is 0 Å². The van der Waals surface area contributed by atoms with Crippen LogP contribution in [0.3, 0.4) is 0 Å². The molecule has 2 aliphatic heterocycles. The van der Waals surface area contributed by atoms with E-state index in [9.17, 15) is 17.8 Å². The zero-order valence-electron chi connectivity index (χ0n) is 15.9. The first-order chi connectivity index (χ1) is 14.5. The highest BCUT2D eigenvalue weighted by atomic mass is 32.2. The van der Waals surface area contributed by atoms with Crippen LogP contribution in [-0.2, 0) is 17.4 Å². The highest BCUT2D eigenvalue weighted by Gasteiger charge is 2.28. The first-order valence-corrected chi connectivity index (χ1v) is 10.9. The first-order valence-electron chi connectivity index (χ1n) is 9.70. The average Bonchev–Trinajstić information content (AvgIpc) is 3.16. The molecule has 0 spiro atoms. The molecule has 9 heteroatoms. The van der Waals surface area contributed by atoms with Crippen molar-refractivity contribution < 1.29 is 22.2 Å². The topological polar surface area (TPSA) is 74.6 Å². The van der Waals surface area contributed by atoms with Crippen LogP contribution in [0.25, 0.3) is 11.0 Å². The van der Waals surface area contributed by atoms with Crippen molar-refractivity contribution >= 4 is 39.2 Å². The lowest BCUT2D eigenvalue weighted by molar-refractivity contribution is 0.0958. The summed E-state index contributed by atoms with van der Waals surface area (Å²) >= 11 is 0. The Hall–Kier alpha value is -2.94. The minimum absolute atomic E-state index is 0.140. The highest BCUT2D eigenvalue weighted by molar-refractivity contribution is 7.83. The molecule has 30 heavy (non-hydrogen) atoms. The lowest BCUT2D eigenvalue weighted by Crippen LogP contribution is -2.48.